The van der Waals surface area contributed by atoms with E-state index in [0.717, 1.165) is 0 Å². The average molecular weight is 565 g/mol. The molecule has 4 heteroatoms. The van der Waals surface area contributed by atoms with Crippen molar-refractivity contribution in [2.75, 3.05) is 6.79 Å². The van der Waals surface area contributed by atoms with Gasteiger partial charge in [-0.1, -0.05) is 182 Å². The summed E-state index contributed by atoms with van der Waals surface area (Å²) >= 11 is 0. The lowest BCUT2D eigenvalue weighted by atomic mass is 10.3. The normalized spacial score (nSPS) is 11.7. The molecule has 0 bridgehead atoms. The van der Waals surface area contributed by atoms with Gasteiger partial charge in [0.05, 0.1) is 0 Å². The third kappa shape index (κ3) is 5.26. The maximum atomic E-state index is 7.26. The molecule has 6 aromatic carbocycles. The summed E-state index contributed by atoms with van der Waals surface area (Å²) < 4.78 is 14.5. The van der Waals surface area contributed by atoms with Crippen LogP contribution in [-0.2, 0) is 8.85 Å². The second kappa shape index (κ2) is 12.5. The Morgan fingerprint density at radius 2 is 0.439 bits per heavy atom. The van der Waals surface area contributed by atoms with Crippen molar-refractivity contribution >= 4 is 47.8 Å². The smallest absolute Gasteiger partial charge is 0.290 e. The van der Waals surface area contributed by atoms with Crippen LogP contribution in [0.3, 0.4) is 0 Å². The molecule has 6 rings (SSSR count). The summed E-state index contributed by atoms with van der Waals surface area (Å²) in [6.45, 7) is 0.149. The lowest BCUT2D eigenvalue weighted by molar-refractivity contribution is 0.118. The van der Waals surface area contributed by atoms with E-state index in [1.807, 2.05) is 0 Å². The quantitative estimate of drug-likeness (QED) is 0.140. The Bertz CT molecular complexity index is 1310. The van der Waals surface area contributed by atoms with Gasteiger partial charge in [-0.15, -0.1) is 0 Å². The first kappa shape index (κ1) is 26.9. The van der Waals surface area contributed by atoms with Crippen molar-refractivity contribution in [2.24, 2.45) is 0 Å². The lowest BCUT2D eigenvalue weighted by Crippen LogP contribution is -2.72. The van der Waals surface area contributed by atoms with Gasteiger partial charge in [-0.05, 0) is 31.1 Å². The van der Waals surface area contributed by atoms with Crippen LogP contribution in [0.25, 0.3) is 0 Å². The maximum Gasteiger partial charge on any atom is 0.290 e. The SMILES string of the molecule is c1ccc([Si](OCO[Si](c2ccccc2)(c2ccccc2)c2ccccc2)(c2ccccc2)c2ccccc2)cc1. The van der Waals surface area contributed by atoms with Gasteiger partial charge in [0.25, 0.3) is 16.6 Å². The predicted molar refractivity (Wildman–Crippen MR) is 175 cm³/mol. The van der Waals surface area contributed by atoms with Gasteiger partial charge < -0.3 is 8.85 Å². The van der Waals surface area contributed by atoms with Gasteiger partial charge in [-0.2, -0.15) is 0 Å². The van der Waals surface area contributed by atoms with Crippen LogP contribution < -0.4 is 31.1 Å². The van der Waals surface area contributed by atoms with Gasteiger partial charge >= 0.3 is 0 Å². The van der Waals surface area contributed by atoms with E-state index in [2.05, 4.69) is 182 Å². The van der Waals surface area contributed by atoms with Crippen molar-refractivity contribution in [3.63, 3.8) is 0 Å². The first-order valence-electron chi connectivity index (χ1n) is 13.9. The third-order valence-electron chi connectivity index (χ3n) is 7.63. The summed E-state index contributed by atoms with van der Waals surface area (Å²) in [7, 11) is -5.86. The van der Waals surface area contributed by atoms with Crippen molar-refractivity contribution < 1.29 is 8.85 Å². The molecule has 0 saturated heterocycles. The molecule has 200 valence electrons. The minimum Gasteiger partial charge on any atom is -0.382 e. The van der Waals surface area contributed by atoms with Crippen LogP contribution in [0.2, 0.25) is 0 Å². The topological polar surface area (TPSA) is 18.5 Å². The fraction of sp³-hybridized carbons (Fsp3) is 0.0270. The van der Waals surface area contributed by atoms with E-state index < -0.39 is 16.6 Å². The van der Waals surface area contributed by atoms with Crippen LogP contribution in [0.4, 0.5) is 0 Å². The molecule has 0 spiro atoms. The van der Waals surface area contributed by atoms with Crippen molar-refractivity contribution in [2.45, 2.75) is 0 Å². The molecule has 2 nitrogen and oxygen atoms in total. The highest BCUT2D eigenvalue weighted by Gasteiger charge is 2.45. The summed E-state index contributed by atoms with van der Waals surface area (Å²) in [5.74, 6) is 0. The van der Waals surface area contributed by atoms with Gasteiger partial charge in [-0.3, -0.25) is 0 Å². The number of rotatable bonds is 10. The molecule has 41 heavy (non-hydrogen) atoms. The van der Waals surface area contributed by atoms with Gasteiger partial charge in [0, 0.05) is 0 Å². The molecule has 0 saturated carbocycles. The molecule has 0 amide bonds. The van der Waals surface area contributed by atoms with Crippen molar-refractivity contribution in [1.29, 1.82) is 0 Å². The summed E-state index contributed by atoms with van der Waals surface area (Å²) in [5.41, 5.74) is 0. The molecule has 0 fully saturated rings. The number of hydrogen-bond donors (Lipinski definition) is 0. The summed E-state index contributed by atoms with van der Waals surface area (Å²) in [6.07, 6.45) is 0. The number of hydrogen-bond acceptors (Lipinski definition) is 2. The molecule has 0 atom stereocenters. The van der Waals surface area contributed by atoms with Crippen LogP contribution in [0.5, 0.6) is 0 Å². The van der Waals surface area contributed by atoms with Crippen LogP contribution in [0.1, 0.15) is 0 Å². The van der Waals surface area contributed by atoms with E-state index in [9.17, 15) is 0 Å². The van der Waals surface area contributed by atoms with E-state index in [0.29, 0.717) is 0 Å². The van der Waals surface area contributed by atoms with E-state index in [1.165, 1.54) is 31.1 Å². The standard InChI is InChI=1S/C37H32O2Si2/c1-7-19-32(20-8-1)40(33-21-9-2-10-22-33,34-23-11-3-12-24-34)38-31-39-41(35-25-13-4-14-26-35,36-27-15-5-16-28-36)37-29-17-6-18-30-37/h1-30H,31H2. The first-order chi connectivity index (χ1) is 20.3. The Balaban J connectivity index is 1.50. The Morgan fingerprint density at radius 1 is 0.268 bits per heavy atom. The highest BCUT2D eigenvalue weighted by molar-refractivity contribution is 7.08. The largest absolute Gasteiger partial charge is 0.382 e. The summed E-state index contributed by atoms with van der Waals surface area (Å²) in [5, 5.41) is 7.12. The van der Waals surface area contributed by atoms with Crippen LogP contribution in [-0.4, -0.2) is 23.4 Å². The Hall–Kier alpha value is -4.33. The second-order valence-electron chi connectivity index (χ2n) is 9.97. The zero-order valence-electron chi connectivity index (χ0n) is 22.8. The summed E-state index contributed by atoms with van der Waals surface area (Å²) in [6, 6.07) is 64.0. The van der Waals surface area contributed by atoms with E-state index in [1.54, 1.807) is 0 Å². The van der Waals surface area contributed by atoms with Crippen LogP contribution in [0.15, 0.2) is 182 Å². The molecular weight excluding hydrogens is 533 g/mol. The monoisotopic (exact) mass is 564 g/mol. The van der Waals surface area contributed by atoms with E-state index >= 15 is 0 Å². The highest BCUT2D eigenvalue weighted by Crippen LogP contribution is 2.14. The minimum absolute atomic E-state index is 0.149. The molecule has 0 N–H and O–H groups in total. The van der Waals surface area contributed by atoms with Crippen molar-refractivity contribution in [3.8, 4) is 0 Å². The average Bonchev–Trinajstić information content (AvgIpc) is 3.08. The highest BCUT2D eigenvalue weighted by atomic mass is 28.4. The molecule has 0 heterocycles. The van der Waals surface area contributed by atoms with E-state index in [4.69, 9.17) is 8.85 Å². The van der Waals surface area contributed by atoms with Gasteiger partial charge in [-0.25, -0.2) is 0 Å². The third-order valence-corrected chi connectivity index (χ3v) is 15.6. The van der Waals surface area contributed by atoms with E-state index in [-0.39, 0.29) is 6.79 Å². The first-order valence-corrected chi connectivity index (χ1v) is 17.8. The minimum atomic E-state index is -2.93. The fourth-order valence-electron chi connectivity index (χ4n) is 5.74. The Labute approximate surface area is 244 Å². The molecule has 0 aliphatic heterocycles. The molecular formula is C37H32O2Si2. The predicted octanol–water partition coefficient (Wildman–Crippen LogP) is 4.31. The Morgan fingerprint density at radius 3 is 0.610 bits per heavy atom. The molecule has 6 aromatic rings. The fourth-order valence-corrected chi connectivity index (χ4v) is 13.3. The summed E-state index contributed by atoms with van der Waals surface area (Å²) in [4.78, 5) is 0. The maximum absolute atomic E-state index is 7.26. The van der Waals surface area contributed by atoms with Crippen molar-refractivity contribution in [3.05, 3.63) is 182 Å². The second-order valence-corrected chi connectivity index (χ2v) is 16.7. The molecule has 0 aliphatic carbocycles. The lowest BCUT2D eigenvalue weighted by Gasteiger charge is -2.37. The molecule has 0 aliphatic rings. The van der Waals surface area contributed by atoms with Crippen molar-refractivity contribution in [1.82, 2.24) is 0 Å². The Kier molecular flexibility index (Phi) is 8.17. The van der Waals surface area contributed by atoms with Gasteiger partial charge in [0.15, 0.2) is 0 Å². The molecule has 0 radical (unpaired) electrons. The van der Waals surface area contributed by atoms with Crippen LogP contribution in [0, 0.1) is 0 Å². The molecule has 0 unspecified atom stereocenters. The molecule has 0 aromatic heterocycles. The van der Waals surface area contributed by atoms with Gasteiger partial charge in [0.2, 0.25) is 0 Å². The van der Waals surface area contributed by atoms with Gasteiger partial charge in [0.1, 0.15) is 6.79 Å². The zero-order chi connectivity index (χ0) is 27.8. The number of benzene rings is 6. The zero-order valence-corrected chi connectivity index (χ0v) is 24.8. The van der Waals surface area contributed by atoms with Crippen LogP contribution >= 0.6 is 0 Å².